The van der Waals surface area contributed by atoms with Gasteiger partial charge in [0.05, 0.1) is 16.9 Å². The van der Waals surface area contributed by atoms with Crippen molar-refractivity contribution in [1.29, 1.82) is 0 Å². The lowest BCUT2D eigenvalue weighted by Crippen LogP contribution is -2.18. The fraction of sp³-hybridized carbons (Fsp3) is 0.500. The number of aryl methyl sites for hydroxylation is 2. The summed E-state index contributed by atoms with van der Waals surface area (Å²) in [5.41, 5.74) is 5.16. The van der Waals surface area contributed by atoms with E-state index in [9.17, 15) is 9.00 Å². The Kier molecular flexibility index (Phi) is 4.77. The first-order valence-corrected chi connectivity index (χ1v) is 11.6. The van der Waals surface area contributed by atoms with E-state index in [-0.39, 0.29) is 0 Å². The van der Waals surface area contributed by atoms with Crippen LogP contribution in [0.1, 0.15) is 60.1 Å². The number of carbonyl (C=O) groups excluding carboxylic acids is 1. The zero-order chi connectivity index (χ0) is 19.2. The lowest BCUT2D eigenvalue weighted by atomic mass is 10.0. The Bertz CT molecular complexity index is 1040. The minimum atomic E-state index is -3.30. The fourth-order valence-corrected chi connectivity index (χ4v) is 5.89. The van der Waals surface area contributed by atoms with Crippen molar-refractivity contribution in [3.05, 3.63) is 33.7 Å². The van der Waals surface area contributed by atoms with Crippen LogP contribution in [0.3, 0.4) is 0 Å². The Morgan fingerprint density at radius 1 is 1.41 bits per heavy atom. The third-order valence-electron chi connectivity index (χ3n) is 5.22. The molecule has 2 aromatic rings. The van der Waals surface area contributed by atoms with Gasteiger partial charge in [-0.2, -0.15) is 0 Å². The molecule has 2 amide bonds. The van der Waals surface area contributed by atoms with E-state index >= 15 is 0 Å². The fourth-order valence-electron chi connectivity index (χ4n) is 3.84. The summed E-state index contributed by atoms with van der Waals surface area (Å²) in [6.07, 6.45) is 6.95. The monoisotopic (exact) mass is 405 g/mol. The van der Waals surface area contributed by atoms with Gasteiger partial charge in [-0.1, -0.05) is 13.8 Å². The maximum atomic E-state index is 12.7. The Morgan fingerprint density at radius 3 is 2.96 bits per heavy atom. The van der Waals surface area contributed by atoms with Crippen molar-refractivity contribution in [3.8, 4) is 0 Å². The number of anilines is 1. The molecular weight excluding hydrogens is 382 g/mol. The van der Waals surface area contributed by atoms with E-state index in [0.29, 0.717) is 10.1 Å². The predicted molar refractivity (Wildman–Crippen MR) is 107 cm³/mol. The molecule has 27 heavy (non-hydrogen) atoms. The van der Waals surface area contributed by atoms with Gasteiger partial charge >= 0.3 is 6.03 Å². The van der Waals surface area contributed by atoms with Crippen LogP contribution in [0, 0.1) is 0 Å². The molecule has 0 radical (unpaired) electrons. The molecule has 2 aliphatic rings. The average molecular weight is 406 g/mol. The zero-order valence-electron chi connectivity index (χ0n) is 15.4. The van der Waals surface area contributed by atoms with Crippen molar-refractivity contribution in [2.45, 2.75) is 62.5 Å². The first-order valence-electron chi connectivity index (χ1n) is 9.24. The van der Waals surface area contributed by atoms with Gasteiger partial charge in [-0.15, -0.1) is 15.7 Å². The van der Waals surface area contributed by atoms with E-state index in [1.807, 2.05) is 6.92 Å². The van der Waals surface area contributed by atoms with Crippen LogP contribution in [0.2, 0.25) is 0 Å². The van der Waals surface area contributed by atoms with Crippen molar-refractivity contribution in [2.24, 2.45) is 9.50 Å². The number of nitrogens with one attached hydrogen (secondary N) is 1. The number of carbonyl (C=O) groups is 1. The van der Waals surface area contributed by atoms with Crippen molar-refractivity contribution in [3.63, 3.8) is 0 Å². The normalized spacial score (nSPS) is 20.0. The molecule has 0 spiro atoms. The summed E-state index contributed by atoms with van der Waals surface area (Å²) in [7, 11) is -3.30. The Balaban J connectivity index is 1.68. The molecule has 2 heterocycles. The summed E-state index contributed by atoms with van der Waals surface area (Å²) < 4.78 is 16.9. The molecule has 4 rings (SSSR count). The first kappa shape index (κ1) is 18.5. The largest absolute Gasteiger partial charge is 0.354 e. The standard InChI is InChI=1S/C18H23N5O2S2/c1-3-14-20-9-15(26-14)27(19,25)23-18(24)22-17-11-5-4-6-13(11)21-16-10(2)7-8-12(16)17/h9-10H,3-8H2,1-2H3,(H3,19,21,22,23,24,25)/t10-,27+/m1/s1. The number of nitrogens with two attached hydrogens (primary N) is 1. The van der Waals surface area contributed by atoms with E-state index in [2.05, 4.69) is 21.6 Å². The van der Waals surface area contributed by atoms with Crippen molar-refractivity contribution < 1.29 is 9.00 Å². The van der Waals surface area contributed by atoms with Crippen molar-refractivity contribution >= 4 is 33.0 Å². The number of thiazole rings is 1. The van der Waals surface area contributed by atoms with Crippen molar-refractivity contribution in [1.82, 2.24) is 9.97 Å². The maximum absolute atomic E-state index is 12.7. The molecule has 0 unspecified atom stereocenters. The van der Waals surface area contributed by atoms with Crippen LogP contribution in [0.5, 0.6) is 0 Å². The van der Waals surface area contributed by atoms with Gasteiger partial charge in [-0.25, -0.2) is 19.1 Å². The molecule has 2 atom stereocenters. The second kappa shape index (κ2) is 6.96. The quantitative estimate of drug-likeness (QED) is 0.813. The summed E-state index contributed by atoms with van der Waals surface area (Å²) in [5.74, 6) is 0.391. The number of hydrogen-bond acceptors (Lipinski definition) is 5. The number of nitrogens with zero attached hydrogens (tertiary/aromatic N) is 3. The van der Waals surface area contributed by atoms with Crippen LogP contribution in [0.15, 0.2) is 14.8 Å². The smallest absolute Gasteiger partial charge is 0.305 e. The van der Waals surface area contributed by atoms with Crippen LogP contribution in [0.4, 0.5) is 10.5 Å². The highest BCUT2D eigenvalue weighted by molar-refractivity contribution is 7.93. The molecule has 0 fully saturated rings. The summed E-state index contributed by atoms with van der Waals surface area (Å²) in [6, 6.07) is -0.670. The summed E-state index contributed by atoms with van der Waals surface area (Å²) in [6.45, 7) is 4.12. The minimum Gasteiger partial charge on any atom is -0.305 e. The summed E-state index contributed by atoms with van der Waals surface area (Å²) in [5, 5.41) is 9.57. The lowest BCUT2D eigenvalue weighted by Gasteiger charge is -2.15. The van der Waals surface area contributed by atoms with Crippen LogP contribution >= 0.6 is 11.3 Å². The van der Waals surface area contributed by atoms with E-state index < -0.39 is 15.9 Å². The Morgan fingerprint density at radius 2 is 2.22 bits per heavy atom. The van der Waals surface area contributed by atoms with Gasteiger partial charge in [-0.05, 0) is 55.6 Å². The van der Waals surface area contributed by atoms with Crippen LogP contribution < -0.4 is 10.5 Å². The molecule has 0 saturated heterocycles. The van der Waals surface area contributed by atoms with E-state index in [4.69, 9.17) is 10.1 Å². The number of aromatic nitrogens is 2. The molecule has 3 N–H and O–H groups in total. The number of fused-ring (bicyclic) bond motifs is 2. The second-order valence-corrected chi connectivity index (χ2v) is 10.2. The van der Waals surface area contributed by atoms with Gasteiger partial charge in [0.15, 0.2) is 9.92 Å². The van der Waals surface area contributed by atoms with Gasteiger partial charge in [-0.3, -0.25) is 4.98 Å². The highest BCUT2D eigenvalue weighted by Crippen LogP contribution is 2.41. The molecule has 2 aromatic heterocycles. The van der Waals surface area contributed by atoms with Crippen LogP contribution in [-0.2, 0) is 35.6 Å². The van der Waals surface area contributed by atoms with Gasteiger partial charge in [0.1, 0.15) is 4.21 Å². The summed E-state index contributed by atoms with van der Waals surface area (Å²) >= 11 is 1.23. The van der Waals surface area contributed by atoms with Gasteiger partial charge in [0, 0.05) is 11.4 Å². The second-order valence-electron chi connectivity index (χ2n) is 7.09. The molecule has 0 saturated carbocycles. The van der Waals surface area contributed by atoms with Crippen LogP contribution in [0.25, 0.3) is 0 Å². The highest BCUT2D eigenvalue weighted by atomic mass is 32.2. The van der Waals surface area contributed by atoms with E-state index in [0.717, 1.165) is 71.7 Å². The molecule has 9 heteroatoms. The topological polar surface area (TPSA) is 110 Å². The van der Waals surface area contributed by atoms with Crippen LogP contribution in [-0.4, -0.2) is 20.2 Å². The summed E-state index contributed by atoms with van der Waals surface area (Å²) in [4.78, 5) is 21.6. The molecule has 0 bridgehead atoms. The first-order chi connectivity index (χ1) is 12.9. The van der Waals surface area contributed by atoms with Crippen molar-refractivity contribution in [2.75, 3.05) is 5.32 Å². The van der Waals surface area contributed by atoms with Gasteiger partial charge in [0.25, 0.3) is 0 Å². The Labute approximate surface area is 163 Å². The molecule has 0 aliphatic heterocycles. The lowest BCUT2D eigenvalue weighted by molar-refractivity contribution is 0.260. The number of hydrogen-bond donors (Lipinski definition) is 2. The highest BCUT2D eigenvalue weighted by Gasteiger charge is 2.30. The molecular formula is C18H23N5O2S2. The Hall–Kier alpha value is -1.84. The van der Waals surface area contributed by atoms with Gasteiger partial charge < -0.3 is 5.32 Å². The number of amides is 2. The average Bonchev–Trinajstić information content (AvgIpc) is 3.34. The minimum absolute atomic E-state index is 0.327. The third kappa shape index (κ3) is 3.39. The number of pyridine rings is 1. The number of urea groups is 1. The molecule has 2 aliphatic carbocycles. The maximum Gasteiger partial charge on any atom is 0.354 e. The van der Waals surface area contributed by atoms with E-state index in [1.54, 1.807) is 0 Å². The molecule has 7 nitrogen and oxygen atoms in total. The third-order valence-corrected chi connectivity index (χ3v) is 8.25. The van der Waals surface area contributed by atoms with Gasteiger partial charge in [0.2, 0.25) is 0 Å². The molecule has 0 aromatic carbocycles. The molecule has 144 valence electrons. The zero-order valence-corrected chi connectivity index (χ0v) is 17.1. The van der Waals surface area contributed by atoms with E-state index in [1.165, 1.54) is 17.5 Å². The SMILES string of the molecule is CCc1ncc([S@@](N)(=O)=NC(=O)Nc2c3c(nc4c2CC[C@H]4C)CCC3)s1. The predicted octanol–water partition coefficient (Wildman–Crippen LogP) is 3.57. The number of rotatable bonds is 3.